The second-order valence-electron chi connectivity index (χ2n) is 2.06. The minimum absolute atomic E-state index is 0.623. The van der Waals surface area contributed by atoms with Crippen molar-refractivity contribution in [1.82, 2.24) is 15.0 Å². The van der Waals surface area contributed by atoms with Gasteiger partial charge in [-0.25, -0.2) is 10.5 Å². The van der Waals surface area contributed by atoms with E-state index in [0.29, 0.717) is 6.54 Å². The molecule has 0 bridgehead atoms. The topological polar surface area (TPSA) is 50.1 Å². The summed E-state index contributed by atoms with van der Waals surface area (Å²) in [7, 11) is 0. The molecule has 0 aliphatic carbocycles. The maximum atomic E-state index is 8.22. The van der Waals surface area contributed by atoms with Gasteiger partial charge in [-0.05, 0) is 6.42 Å². The molecule has 0 aromatic carbocycles. The zero-order chi connectivity index (χ0) is 7.23. The largest absolute Gasteiger partial charge is 0.337 e. The molecule has 56 valence electrons. The Kier molecular flexibility index (Phi) is 2.92. The van der Waals surface area contributed by atoms with Crippen molar-refractivity contribution in [3.63, 3.8) is 0 Å². The second-order valence-corrected chi connectivity index (χ2v) is 2.06. The van der Waals surface area contributed by atoms with Crippen molar-refractivity contribution in [3.05, 3.63) is 18.7 Å². The summed E-state index contributed by atoms with van der Waals surface area (Å²) in [6.07, 6.45) is 6.31. The molecule has 1 rings (SSSR count). The average molecular weight is 141 g/mol. The number of nitrogens with zero attached hydrogens (tertiary/aromatic N) is 2. The molecule has 1 heterocycles. The maximum absolute atomic E-state index is 8.22. The fourth-order valence-electron chi connectivity index (χ4n) is 0.760. The summed E-state index contributed by atoms with van der Waals surface area (Å²) in [5.74, 6) is 0. The molecule has 0 radical (unpaired) electrons. The van der Waals surface area contributed by atoms with Crippen LogP contribution >= 0.6 is 0 Å². The van der Waals surface area contributed by atoms with Crippen LogP contribution in [0.3, 0.4) is 0 Å². The van der Waals surface area contributed by atoms with Gasteiger partial charge in [0.15, 0.2) is 0 Å². The lowest BCUT2D eigenvalue weighted by atomic mass is 10.4. The second kappa shape index (κ2) is 4.03. The van der Waals surface area contributed by atoms with Gasteiger partial charge in [-0.15, -0.1) is 0 Å². The van der Waals surface area contributed by atoms with E-state index in [-0.39, 0.29) is 0 Å². The molecule has 4 nitrogen and oxygen atoms in total. The quantitative estimate of drug-likeness (QED) is 0.467. The Morgan fingerprint density at radius 1 is 1.60 bits per heavy atom. The smallest absolute Gasteiger partial charge is 0.0945 e. The third kappa shape index (κ3) is 2.16. The zero-order valence-electron chi connectivity index (χ0n) is 5.70. The number of hydrogen-bond donors (Lipinski definition) is 2. The normalized spacial score (nSPS) is 10.1. The van der Waals surface area contributed by atoms with Crippen molar-refractivity contribution in [2.45, 2.75) is 13.0 Å². The van der Waals surface area contributed by atoms with E-state index < -0.39 is 0 Å². The van der Waals surface area contributed by atoms with Crippen molar-refractivity contribution >= 4 is 0 Å². The number of aromatic nitrogens is 2. The predicted octanol–water partition coefficient (Wildman–Crippen LogP) is 0.252. The minimum Gasteiger partial charge on any atom is -0.337 e. The van der Waals surface area contributed by atoms with E-state index in [9.17, 15) is 0 Å². The number of aryl methyl sites for hydroxylation is 1. The molecule has 0 amide bonds. The molecule has 0 unspecified atom stereocenters. The van der Waals surface area contributed by atoms with Crippen LogP contribution in [-0.4, -0.2) is 21.3 Å². The van der Waals surface area contributed by atoms with Crippen LogP contribution in [0.25, 0.3) is 0 Å². The average Bonchev–Trinajstić information content (AvgIpc) is 2.41. The lowest BCUT2D eigenvalue weighted by molar-refractivity contribution is 0.164. The monoisotopic (exact) mass is 141 g/mol. The molecule has 0 atom stereocenters. The van der Waals surface area contributed by atoms with E-state index >= 15 is 0 Å². The molecule has 0 saturated carbocycles. The highest BCUT2D eigenvalue weighted by Crippen LogP contribution is 1.87. The van der Waals surface area contributed by atoms with Gasteiger partial charge in [0, 0.05) is 25.5 Å². The molecule has 0 aliphatic rings. The van der Waals surface area contributed by atoms with E-state index in [1.807, 2.05) is 10.8 Å². The SMILES string of the molecule is ONCCCn1ccnc1. The van der Waals surface area contributed by atoms with Gasteiger partial charge in [0.2, 0.25) is 0 Å². The van der Waals surface area contributed by atoms with Crippen LogP contribution in [0.1, 0.15) is 6.42 Å². The van der Waals surface area contributed by atoms with Crippen LogP contribution in [-0.2, 0) is 6.54 Å². The Morgan fingerprint density at radius 3 is 3.10 bits per heavy atom. The highest BCUT2D eigenvalue weighted by molar-refractivity contribution is 4.73. The third-order valence-electron chi connectivity index (χ3n) is 1.26. The van der Waals surface area contributed by atoms with Gasteiger partial charge >= 0.3 is 0 Å². The van der Waals surface area contributed by atoms with Gasteiger partial charge in [-0.1, -0.05) is 0 Å². The molecular weight excluding hydrogens is 130 g/mol. The summed E-state index contributed by atoms with van der Waals surface area (Å²) < 4.78 is 1.97. The number of nitrogens with one attached hydrogen (secondary N) is 1. The molecule has 2 N–H and O–H groups in total. The van der Waals surface area contributed by atoms with Crippen molar-refractivity contribution in [1.29, 1.82) is 0 Å². The van der Waals surface area contributed by atoms with Crippen LogP contribution in [0.5, 0.6) is 0 Å². The van der Waals surface area contributed by atoms with Gasteiger partial charge < -0.3 is 9.77 Å². The van der Waals surface area contributed by atoms with E-state index in [0.717, 1.165) is 13.0 Å². The van der Waals surface area contributed by atoms with Crippen LogP contribution < -0.4 is 5.48 Å². The fraction of sp³-hybridized carbons (Fsp3) is 0.500. The standard InChI is InChI=1S/C6H11N3O/c10-8-2-1-4-9-5-3-7-6-9/h3,5-6,8,10H,1-2,4H2. The van der Waals surface area contributed by atoms with Crippen molar-refractivity contribution in [2.75, 3.05) is 6.54 Å². The molecule has 0 fully saturated rings. The van der Waals surface area contributed by atoms with E-state index in [1.54, 1.807) is 12.5 Å². The van der Waals surface area contributed by atoms with E-state index in [2.05, 4.69) is 10.5 Å². The Morgan fingerprint density at radius 2 is 2.50 bits per heavy atom. The van der Waals surface area contributed by atoms with Gasteiger partial charge in [-0.2, -0.15) is 0 Å². The highest BCUT2D eigenvalue weighted by atomic mass is 16.5. The lowest BCUT2D eigenvalue weighted by Gasteiger charge is -1.98. The zero-order valence-corrected chi connectivity index (χ0v) is 5.70. The number of hydroxylamine groups is 1. The molecule has 4 heteroatoms. The summed E-state index contributed by atoms with van der Waals surface area (Å²) in [5, 5.41) is 8.22. The van der Waals surface area contributed by atoms with E-state index in [1.165, 1.54) is 0 Å². The van der Waals surface area contributed by atoms with Gasteiger partial charge in [0.25, 0.3) is 0 Å². The predicted molar refractivity (Wildman–Crippen MR) is 36.6 cm³/mol. The molecule has 10 heavy (non-hydrogen) atoms. The van der Waals surface area contributed by atoms with E-state index in [4.69, 9.17) is 5.21 Å². The number of rotatable bonds is 4. The van der Waals surface area contributed by atoms with Crippen LogP contribution in [0.2, 0.25) is 0 Å². The molecular formula is C6H11N3O. The van der Waals surface area contributed by atoms with Crippen LogP contribution in [0.15, 0.2) is 18.7 Å². The van der Waals surface area contributed by atoms with Crippen molar-refractivity contribution < 1.29 is 5.21 Å². The summed E-state index contributed by atoms with van der Waals surface area (Å²) >= 11 is 0. The minimum atomic E-state index is 0.623. The molecule has 0 aliphatic heterocycles. The van der Waals surface area contributed by atoms with Gasteiger partial charge in [-0.3, -0.25) is 0 Å². The Hall–Kier alpha value is -0.870. The lowest BCUT2D eigenvalue weighted by Crippen LogP contribution is -2.10. The first-order valence-electron chi connectivity index (χ1n) is 3.26. The molecule has 0 saturated heterocycles. The maximum Gasteiger partial charge on any atom is 0.0945 e. The first kappa shape index (κ1) is 7.24. The van der Waals surface area contributed by atoms with Gasteiger partial charge in [0.05, 0.1) is 6.33 Å². The summed E-state index contributed by atoms with van der Waals surface area (Å²) in [5.41, 5.74) is 2.10. The van der Waals surface area contributed by atoms with Crippen molar-refractivity contribution in [3.8, 4) is 0 Å². The van der Waals surface area contributed by atoms with Crippen molar-refractivity contribution in [2.24, 2.45) is 0 Å². The third-order valence-corrected chi connectivity index (χ3v) is 1.26. The Labute approximate surface area is 59.5 Å². The van der Waals surface area contributed by atoms with Crippen LogP contribution in [0.4, 0.5) is 0 Å². The summed E-state index contributed by atoms with van der Waals surface area (Å²) in [4.78, 5) is 3.88. The molecule has 0 spiro atoms. The fourth-order valence-corrected chi connectivity index (χ4v) is 0.760. The summed E-state index contributed by atoms with van der Waals surface area (Å²) in [6.45, 7) is 1.52. The molecule has 1 aromatic heterocycles. The Bertz CT molecular complexity index is 162. The Balaban J connectivity index is 2.15. The first-order chi connectivity index (χ1) is 4.93. The van der Waals surface area contributed by atoms with Gasteiger partial charge in [0.1, 0.15) is 0 Å². The highest BCUT2D eigenvalue weighted by Gasteiger charge is 1.87. The first-order valence-corrected chi connectivity index (χ1v) is 3.26. The number of hydrogen-bond acceptors (Lipinski definition) is 3. The van der Waals surface area contributed by atoms with Crippen LogP contribution in [0, 0.1) is 0 Å². The number of imidazole rings is 1. The molecule has 1 aromatic rings. The summed E-state index contributed by atoms with van der Waals surface area (Å²) in [6, 6.07) is 0.